The van der Waals surface area contributed by atoms with Gasteiger partial charge in [-0.25, -0.2) is 0 Å². The van der Waals surface area contributed by atoms with Gasteiger partial charge in [-0.2, -0.15) is 0 Å². The first-order valence-corrected chi connectivity index (χ1v) is 6.32. The summed E-state index contributed by atoms with van der Waals surface area (Å²) in [6.07, 6.45) is 1.40. The van der Waals surface area contributed by atoms with Crippen molar-refractivity contribution in [2.24, 2.45) is 0 Å². The van der Waals surface area contributed by atoms with Crippen LogP contribution in [0.2, 0.25) is 0 Å². The Hall–Kier alpha value is -1.55. The summed E-state index contributed by atoms with van der Waals surface area (Å²) in [4.78, 5) is 12.3. The molecule has 1 aromatic rings. The fraction of sp³-hybridized carbons (Fsp3) is 0.500. The van der Waals surface area contributed by atoms with E-state index in [1.807, 2.05) is 32.0 Å². The van der Waals surface area contributed by atoms with Crippen LogP contribution in [0.3, 0.4) is 0 Å². The lowest BCUT2D eigenvalue weighted by Gasteiger charge is -2.31. The average molecular weight is 250 g/mol. The van der Waals surface area contributed by atoms with Crippen molar-refractivity contribution in [3.63, 3.8) is 0 Å². The molecule has 3 N–H and O–H groups in total. The Morgan fingerprint density at radius 2 is 1.89 bits per heavy atom. The first-order valence-electron chi connectivity index (χ1n) is 6.32. The molecule has 0 aromatic heterocycles. The lowest BCUT2D eigenvalue weighted by molar-refractivity contribution is 0.0818. The maximum Gasteiger partial charge on any atom is 0.253 e. The lowest BCUT2D eigenvalue weighted by Crippen LogP contribution is -2.50. The highest BCUT2D eigenvalue weighted by Crippen LogP contribution is 2.18. The summed E-state index contributed by atoms with van der Waals surface area (Å²) in [6.45, 7) is 3.88. The predicted molar refractivity (Wildman–Crippen MR) is 73.9 cm³/mol. The van der Waals surface area contributed by atoms with Crippen LogP contribution in [0.5, 0.6) is 0 Å². The fourth-order valence-electron chi connectivity index (χ4n) is 1.90. The lowest BCUT2D eigenvalue weighted by atomic mass is 9.93. The van der Waals surface area contributed by atoms with E-state index in [1.54, 1.807) is 13.1 Å². The summed E-state index contributed by atoms with van der Waals surface area (Å²) >= 11 is 0. The van der Waals surface area contributed by atoms with Crippen molar-refractivity contribution in [2.75, 3.05) is 19.0 Å². The second-order valence-electron chi connectivity index (χ2n) is 4.40. The van der Waals surface area contributed by atoms with Crippen molar-refractivity contribution in [3.05, 3.63) is 29.8 Å². The molecular formula is C14H22N2O2. The molecule has 4 heteroatoms. The van der Waals surface area contributed by atoms with Gasteiger partial charge in [0.05, 0.1) is 17.7 Å². The van der Waals surface area contributed by atoms with Gasteiger partial charge in [-0.05, 0) is 25.0 Å². The molecular weight excluding hydrogens is 228 g/mol. The van der Waals surface area contributed by atoms with Crippen LogP contribution in [-0.4, -0.2) is 30.2 Å². The molecule has 18 heavy (non-hydrogen) atoms. The van der Waals surface area contributed by atoms with Gasteiger partial charge in [-0.3, -0.25) is 4.79 Å². The van der Waals surface area contributed by atoms with Crippen LogP contribution >= 0.6 is 0 Å². The van der Waals surface area contributed by atoms with Crippen molar-refractivity contribution in [1.29, 1.82) is 0 Å². The summed E-state index contributed by atoms with van der Waals surface area (Å²) < 4.78 is 0. The van der Waals surface area contributed by atoms with Gasteiger partial charge in [0.2, 0.25) is 0 Å². The molecule has 0 radical (unpaired) electrons. The van der Waals surface area contributed by atoms with Crippen LogP contribution in [0.25, 0.3) is 0 Å². The van der Waals surface area contributed by atoms with Gasteiger partial charge in [0.15, 0.2) is 0 Å². The molecule has 0 saturated heterocycles. The molecule has 1 aromatic carbocycles. The molecule has 1 amide bonds. The molecule has 0 atom stereocenters. The van der Waals surface area contributed by atoms with Gasteiger partial charge in [-0.1, -0.05) is 26.0 Å². The zero-order chi connectivity index (χ0) is 13.6. The van der Waals surface area contributed by atoms with Crippen LogP contribution in [-0.2, 0) is 0 Å². The second-order valence-corrected chi connectivity index (χ2v) is 4.40. The number of nitrogens with one attached hydrogen (secondary N) is 2. The number of carbonyl (C=O) groups excluding carboxylic acids is 1. The zero-order valence-electron chi connectivity index (χ0n) is 11.3. The maximum absolute atomic E-state index is 12.3. The summed E-state index contributed by atoms with van der Waals surface area (Å²) in [6, 6.07) is 7.33. The van der Waals surface area contributed by atoms with Crippen molar-refractivity contribution in [2.45, 2.75) is 32.2 Å². The third-order valence-electron chi connectivity index (χ3n) is 3.48. The fourth-order valence-corrected chi connectivity index (χ4v) is 1.90. The molecule has 4 nitrogen and oxygen atoms in total. The van der Waals surface area contributed by atoms with Crippen LogP contribution in [0.1, 0.15) is 37.0 Å². The van der Waals surface area contributed by atoms with Crippen LogP contribution in [0, 0.1) is 0 Å². The highest BCUT2D eigenvalue weighted by Gasteiger charge is 2.28. The Bertz CT molecular complexity index is 392. The first kappa shape index (κ1) is 14.5. The molecule has 0 saturated carbocycles. The molecule has 0 aliphatic rings. The van der Waals surface area contributed by atoms with Gasteiger partial charge in [-0.15, -0.1) is 0 Å². The standard InChI is InChI=1S/C14H22N2O2/c1-4-14(5-2,10-17)16-13(18)11-8-6-7-9-12(11)15-3/h6-9,15,17H,4-5,10H2,1-3H3,(H,16,18). The van der Waals surface area contributed by atoms with E-state index in [2.05, 4.69) is 10.6 Å². The molecule has 0 aliphatic carbocycles. The third-order valence-corrected chi connectivity index (χ3v) is 3.48. The third kappa shape index (κ3) is 3.01. The van der Waals surface area contributed by atoms with E-state index < -0.39 is 5.54 Å². The quantitative estimate of drug-likeness (QED) is 0.723. The molecule has 1 rings (SSSR count). The summed E-state index contributed by atoms with van der Waals surface area (Å²) in [5.74, 6) is -0.155. The summed E-state index contributed by atoms with van der Waals surface area (Å²) in [5.41, 5.74) is 0.853. The van der Waals surface area contributed by atoms with Crippen LogP contribution < -0.4 is 10.6 Å². The minimum atomic E-state index is -0.530. The van der Waals surface area contributed by atoms with Gasteiger partial charge in [0.1, 0.15) is 0 Å². The largest absolute Gasteiger partial charge is 0.394 e. The molecule has 0 unspecified atom stereocenters. The van der Waals surface area contributed by atoms with E-state index in [0.717, 1.165) is 5.69 Å². The first-order chi connectivity index (χ1) is 8.62. The summed E-state index contributed by atoms with van der Waals surface area (Å²) in [5, 5.41) is 15.4. The van der Waals surface area contributed by atoms with E-state index >= 15 is 0 Å². The Morgan fingerprint density at radius 3 is 2.39 bits per heavy atom. The Labute approximate surface area is 108 Å². The SMILES string of the molecule is CCC(CC)(CO)NC(=O)c1ccccc1NC. The normalized spacial score (nSPS) is 11.1. The van der Waals surface area contributed by atoms with E-state index in [0.29, 0.717) is 18.4 Å². The van der Waals surface area contributed by atoms with E-state index in [-0.39, 0.29) is 12.5 Å². The maximum atomic E-state index is 12.3. The molecule has 0 aliphatic heterocycles. The van der Waals surface area contributed by atoms with E-state index in [1.165, 1.54) is 0 Å². The Balaban J connectivity index is 2.94. The number of aliphatic hydroxyl groups excluding tert-OH is 1. The molecule has 0 spiro atoms. The number of carbonyl (C=O) groups is 1. The minimum Gasteiger partial charge on any atom is -0.394 e. The average Bonchev–Trinajstić information content (AvgIpc) is 2.44. The number of rotatable bonds is 6. The number of hydrogen-bond donors (Lipinski definition) is 3. The highest BCUT2D eigenvalue weighted by molar-refractivity contribution is 6.00. The number of para-hydroxylation sites is 1. The van der Waals surface area contributed by atoms with Gasteiger partial charge in [0.25, 0.3) is 5.91 Å². The van der Waals surface area contributed by atoms with Crippen molar-refractivity contribution >= 4 is 11.6 Å². The summed E-state index contributed by atoms with van der Waals surface area (Å²) in [7, 11) is 1.78. The predicted octanol–water partition coefficient (Wildman–Crippen LogP) is 2.01. The van der Waals surface area contributed by atoms with E-state index in [9.17, 15) is 9.90 Å². The smallest absolute Gasteiger partial charge is 0.253 e. The van der Waals surface area contributed by atoms with Crippen molar-refractivity contribution < 1.29 is 9.90 Å². The Morgan fingerprint density at radius 1 is 1.28 bits per heavy atom. The van der Waals surface area contributed by atoms with Gasteiger partial charge >= 0.3 is 0 Å². The molecule has 0 fully saturated rings. The van der Waals surface area contributed by atoms with E-state index in [4.69, 9.17) is 0 Å². The number of anilines is 1. The van der Waals surface area contributed by atoms with Gasteiger partial charge < -0.3 is 15.7 Å². The Kier molecular flexibility index (Phi) is 5.16. The molecule has 0 heterocycles. The number of hydrogen-bond acceptors (Lipinski definition) is 3. The number of benzene rings is 1. The minimum absolute atomic E-state index is 0.0482. The van der Waals surface area contributed by atoms with Crippen molar-refractivity contribution in [3.8, 4) is 0 Å². The van der Waals surface area contributed by atoms with Crippen molar-refractivity contribution in [1.82, 2.24) is 5.32 Å². The molecule has 100 valence electrons. The number of amides is 1. The van der Waals surface area contributed by atoms with Gasteiger partial charge in [0, 0.05) is 12.7 Å². The zero-order valence-corrected chi connectivity index (χ0v) is 11.3. The number of aliphatic hydroxyl groups is 1. The monoisotopic (exact) mass is 250 g/mol. The second kappa shape index (κ2) is 6.40. The topological polar surface area (TPSA) is 61.4 Å². The highest BCUT2D eigenvalue weighted by atomic mass is 16.3. The molecule has 0 bridgehead atoms. The van der Waals surface area contributed by atoms with Crippen LogP contribution in [0.4, 0.5) is 5.69 Å². The van der Waals surface area contributed by atoms with Crippen LogP contribution in [0.15, 0.2) is 24.3 Å².